The fraction of sp³-hybridized carbons (Fsp3) is 0.667. The molecule has 2 amide bonds. The molecule has 6 aliphatic carbocycles. The van der Waals surface area contributed by atoms with Crippen LogP contribution in [0.4, 0.5) is 10.0 Å². The molecular formula is C36H46N2O6S2. The van der Waals surface area contributed by atoms with Crippen LogP contribution in [0.2, 0.25) is 0 Å². The highest BCUT2D eigenvalue weighted by molar-refractivity contribution is 7.17. The Morgan fingerprint density at radius 3 is 1.50 bits per heavy atom. The number of amides is 2. The topological polar surface area (TPSA) is 111 Å². The van der Waals surface area contributed by atoms with E-state index in [4.69, 9.17) is 9.47 Å². The number of aryl methyl sites for hydroxylation is 2. The van der Waals surface area contributed by atoms with Gasteiger partial charge in [-0.1, -0.05) is 0 Å². The van der Waals surface area contributed by atoms with Gasteiger partial charge in [0.25, 0.3) is 0 Å². The average Bonchev–Trinajstić information content (AvgIpc) is 3.53. The van der Waals surface area contributed by atoms with Crippen molar-refractivity contribution in [3.8, 4) is 0 Å². The number of thiophene rings is 2. The fourth-order valence-corrected chi connectivity index (χ4v) is 12.8. The first kappa shape index (κ1) is 31.9. The molecule has 0 aliphatic heterocycles. The number of carbonyl (C=O) groups excluding carboxylic acids is 4. The minimum Gasteiger partial charge on any atom is -0.462 e. The van der Waals surface area contributed by atoms with Crippen LogP contribution in [-0.2, 0) is 44.7 Å². The molecule has 46 heavy (non-hydrogen) atoms. The molecule has 2 N–H and O–H groups in total. The van der Waals surface area contributed by atoms with Gasteiger partial charge in [0, 0.05) is 22.6 Å². The van der Waals surface area contributed by atoms with Gasteiger partial charge < -0.3 is 20.1 Å². The Hall–Kier alpha value is -2.72. The van der Waals surface area contributed by atoms with E-state index in [1.165, 1.54) is 16.2 Å². The van der Waals surface area contributed by atoms with Gasteiger partial charge in [-0.3, -0.25) is 9.59 Å². The SMILES string of the molecule is CCOC(=O)c1c(NC(=O)CC23CC4CC(C2)CC(CC(=O)Nc2sc5c(c2C(=O)OCC)CCCC5)(C4)C3)sc2c1CCCC2. The van der Waals surface area contributed by atoms with E-state index >= 15 is 0 Å². The summed E-state index contributed by atoms with van der Waals surface area (Å²) in [6.45, 7) is 4.23. The van der Waals surface area contributed by atoms with Gasteiger partial charge in [0.1, 0.15) is 10.0 Å². The van der Waals surface area contributed by atoms with Crippen LogP contribution < -0.4 is 10.6 Å². The number of nitrogens with one attached hydrogen (secondary N) is 2. The van der Waals surface area contributed by atoms with Crippen LogP contribution in [0.25, 0.3) is 0 Å². The summed E-state index contributed by atoms with van der Waals surface area (Å²) < 4.78 is 10.8. The zero-order valence-electron chi connectivity index (χ0n) is 27.1. The molecule has 0 radical (unpaired) electrons. The van der Waals surface area contributed by atoms with E-state index in [2.05, 4.69) is 10.6 Å². The maximum atomic E-state index is 13.8. The Balaban J connectivity index is 1.07. The van der Waals surface area contributed by atoms with Crippen molar-refractivity contribution in [3.05, 3.63) is 32.0 Å². The van der Waals surface area contributed by atoms with Crippen LogP contribution in [0.3, 0.4) is 0 Å². The Bertz CT molecular complexity index is 1430. The lowest BCUT2D eigenvalue weighted by atomic mass is 9.43. The van der Waals surface area contributed by atoms with E-state index in [-0.39, 0.29) is 34.6 Å². The smallest absolute Gasteiger partial charge is 0.341 e. The van der Waals surface area contributed by atoms with E-state index in [0.717, 1.165) is 94.6 Å². The largest absolute Gasteiger partial charge is 0.462 e. The third kappa shape index (κ3) is 6.04. The molecule has 0 atom stereocenters. The van der Waals surface area contributed by atoms with Crippen LogP contribution in [-0.4, -0.2) is 37.0 Å². The maximum Gasteiger partial charge on any atom is 0.341 e. The molecule has 0 aromatic carbocycles. The van der Waals surface area contributed by atoms with E-state index in [9.17, 15) is 19.2 Å². The van der Waals surface area contributed by atoms with Crippen LogP contribution >= 0.6 is 22.7 Å². The summed E-state index contributed by atoms with van der Waals surface area (Å²) in [5.74, 6) is 0.303. The quantitative estimate of drug-likeness (QED) is 0.250. The highest BCUT2D eigenvalue weighted by Gasteiger charge is 2.58. The summed E-state index contributed by atoms with van der Waals surface area (Å²) in [5.41, 5.74) is 2.98. The van der Waals surface area contributed by atoms with Gasteiger partial charge in [0.2, 0.25) is 11.8 Å². The number of ether oxygens (including phenoxy) is 2. The summed E-state index contributed by atoms with van der Waals surface area (Å²) in [4.78, 5) is 55.9. The van der Waals surface area contributed by atoms with Crippen LogP contribution in [0.1, 0.15) is 132 Å². The third-order valence-electron chi connectivity index (χ3n) is 11.2. The number of esters is 2. The second kappa shape index (κ2) is 12.7. The molecule has 4 saturated carbocycles. The van der Waals surface area contributed by atoms with Gasteiger partial charge in [-0.05, 0) is 138 Å². The van der Waals surface area contributed by atoms with E-state index < -0.39 is 0 Å². The monoisotopic (exact) mass is 666 g/mol. The fourth-order valence-electron chi connectivity index (χ4n) is 10.2. The van der Waals surface area contributed by atoms with E-state index in [1.807, 2.05) is 13.8 Å². The Morgan fingerprint density at radius 1 is 0.674 bits per heavy atom. The predicted molar refractivity (Wildman–Crippen MR) is 180 cm³/mol. The number of fused-ring (bicyclic) bond motifs is 2. The minimum absolute atomic E-state index is 0.0334. The van der Waals surface area contributed by atoms with Crippen LogP contribution in [0.15, 0.2) is 0 Å². The van der Waals surface area contributed by atoms with Gasteiger partial charge in [-0.15, -0.1) is 22.7 Å². The average molecular weight is 667 g/mol. The van der Waals surface area contributed by atoms with E-state index in [1.54, 1.807) is 22.7 Å². The van der Waals surface area contributed by atoms with Crippen molar-refractivity contribution in [1.82, 2.24) is 0 Å². The van der Waals surface area contributed by atoms with Gasteiger partial charge in [0.05, 0.1) is 24.3 Å². The minimum atomic E-state index is -0.338. The second-order valence-electron chi connectivity index (χ2n) is 14.7. The molecule has 2 aromatic heterocycles. The first-order valence-electron chi connectivity index (χ1n) is 17.4. The number of hydrogen-bond donors (Lipinski definition) is 2. The van der Waals surface area contributed by atoms with Gasteiger partial charge in [-0.25, -0.2) is 9.59 Å². The van der Waals surface area contributed by atoms with Crippen molar-refractivity contribution in [1.29, 1.82) is 0 Å². The van der Waals surface area contributed by atoms with Crippen molar-refractivity contribution in [2.75, 3.05) is 23.8 Å². The second-order valence-corrected chi connectivity index (χ2v) is 16.9. The molecule has 4 fully saturated rings. The van der Waals surface area contributed by atoms with Crippen molar-refractivity contribution < 1.29 is 28.7 Å². The summed E-state index contributed by atoms with van der Waals surface area (Å²) in [6, 6.07) is 0. The summed E-state index contributed by atoms with van der Waals surface area (Å²) in [6.07, 6.45) is 14.9. The lowest BCUT2D eigenvalue weighted by Gasteiger charge is -2.62. The van der Waals surface area contributed by atoms with Crippen molar-refractivity contribution in [3.63, 3.8) is 0 Å². The van der Waals surface area contributed by atoms with Crippen molar-refractivity contribution >= 4 is 56.4 Å². The lowest BCUT2D eigenvalue weighted by Crippen LogP contribution is -2.53. The molecule has 4 bridgehead atoms. The first-order valence-corrected chi connectivity index (χ1v) is 19.1. The van der Waals surface area contributed by atoms with Crippen molar-refractivity contribution in [2.24, 2.45) is 22.7 Å². The molecule has 8 nitrogen and oxygen atoms in total. The molecule has 0 saturated heterocycles. The third-order valence-corrected chi connectivity index (χ3v) is 13.6. The molecule has 8 rings (SSSR count). The zero-order valence-corrected chi connectivity index (χ0v) is 28.8. The van der Waals surface area contributed by atoms with Gasteiger partial charge in [0.15, 0.2) is 0 Å². The maximum absolute atomic E-state index is 13.8. The van der Waals surface area contributed by atoms with Gasteiger partial charge >= 0.3 is 11.9 Å². The molecule has 0 unspecified atom stereocenters. The normalized spacial score (nSPS) is 27.4. The van der Waals surface area contributed by atoms with Crippen molar-refractivity contribution in [2.45, 2.75) is 117 Å². The molecule has 248 valence electrons. The zero-order chi connectivity index (χ0) is 32.1. The highest BCUT2D eigenvalue weighted by Crippen LogP contribution is 2.67. The first-order chi connectivity index (χ1) is 22.2. The number of rotatable bonds is 10. The Morgan fingerprint density at radius 2 is 1.09 bits per heavy atom. The summed E-state index contributed by atoms with van der Waals surface area (Å²) in [5, 5.41) is 7.64. The predicted octanol–water partition coefficient (Wildman–Crippen LogP) is 7.86. The number of anilines is 2. The molecule has 2 aromatic rings. The van der Waals surface area contributed by atoms with Gasteiger partial charge in [-0.2, -0.15) is 0 Å². The highest BCUT2D eigenvalue weighted by atomic mass is 32.1. The Labute approximate surface area is 279 Å². The van der Waals surface area contributed by atoms with Crippen LogP contribution in [0, 0.1) is 22.7 Å². The molecular weight excluding hydrogens is 621 g/mol. The number of carbonyl (C=O) groups is 4. The summed E-state index contributed by atoms with van der Waals surface area (Å²) >= 11 is 3.09. The summed E-state index contributed by atoms with van der Waals surface area (Å²) in [7, 11) is 0. The van der Waals surface area contributed by atoms with Crippen LogP contribution in [0.5, 0.6) is 0 Å². The number of hydrogen-bond acceptors (Lipinski definition) is 8. The molecule has 10 heteroatoms. The molecule has 2 heterocycles. The molecule has 6 aliphatic rings. The Kier molecular flexibility index (Phi) is 8.80. The standard InChI is InChI=1S/C36H46N2O6S2/c1-3-43-33(41)29-23-9-5-7-11-25(23)45-31(29)37-27(39)18-35-14-21-13-22(15-35)17-36(16-21,20-35)19-28(40)38-32-30(34(42)44-4-2)24-10-6-8-12-26(24)46-32/h21-22H,3-20H2,1-2H3,(H,37,39)(H,38,40). The molecule has 0 spiro atoms. The lowest BCUT2D eigenvalue weighted by molar-refractivity contribution is -0.142. The van der Waals surface area contributed by atoms with E-state index in [0.29, 0.717) is 59.0 Å².